The van der Waals surface area contributed by atoms with Gasteiger partial charge in [0.1, 0.15) is 5.75 Å². The number of anilines is 2. The van der Waals surface area contributed by atoms with Crippen LogP contribution in [0.3, 0.4) is 0 Å². The van der Waals surface area contributed by atoms with Crippen LogP contribution in [-0.2, 0) is 9.31 Å². The number of amides is 2. The Morgan fingerprint density at radius 1 is 0.926 bits per heavy atom. The van der Waals surface area contributed by atoms with Gasteiger partial charge in [-0.2, -0.15) is 0 Å². The van der Waals surface area contributed by atoms with Gasteiger partial charge < -0.3 is 24.7 Å². The van der Waals surface area contributed by atoms with Crippen molar-refractivity contribution in [3.63, 3.8) is 0 Å². The van der Waals surface area contributed by atoms with Gasteiger partial charge in [-0.15, -0.1) is 0 Å². The molecule has 1 aliphatic heterocycles. The summed E-state index contributed by atoms with van der Waals surface area (Å²) in [6.45, 7) is 8.04. The summed E-state index contributed by atoms with van der Waals surface area (Å²) in [6, 6.07) is 14.3. The van der Waals surface area contributed by atoms with Gasteiger partial charge in [0.15, 0.2) is 0 Å². The fourth-order valence-corrected chi connectivity index (χ4v) is 2.74. The second kappa shape index (κ2) is 7.25. The Balaban J connectivity index is 1.68. The van der Waals surface area contributed by atoms with Gasteiger partial charge >= 0.3 is 13.1 Å². The molecule has 0 bridgehead atoms. The number of rotatable bonds is 4. The molecule has 1 heterocycles. The number of carbonyl (C=O) groups is 1. The molecule has 2 N–H and O–H groups in total. The highest BCUT2D eigenvalue weighted by atomic mass is 16.7. The van der Waals surface area contributed by atoms with Gasteiger partial charge in [0.05, 0.1) is 18.3 Å². The predicted molar refractivity (Wildman–Crippen MR) is 108 cm³/mol. The molecular weight excluding hydrogens is 343 g/mol. The number of hydrogen-bond donors (Lipinski definition) is 2. The lowest BCUT2D eigenvalue weighted by atomic mass is 9.79. The lowest BCUT2D eigenvalue weighted by Crippen LogP contribution is -2.41. The topological polar surface area (TPSA) is 68.8 Å². The van der Waals surface area contributed by atoms with Crippen molar-refractivity contribution >= 4 is 30.0 Å². The second-order valence-corrected chi connectivity index (χ2v) is 7.52. The average Bonchev–Trinajstić information content (AvgIpc) is 2.83. The van der Waals surface area contributed by atoms with Crippen molar-refractivity contribution in [2.45, 2.75) is 38.9 Å². The zero-order chi connectivity index (χ0) is 19.7. The summed E-state index contributed by atoms with van der Waals surface area (Å²) in [7, 11) is 1.11. The lowest BCUT2D eigenvalue weighted by molar-refractivity contribution is 0.00578. The molecule has 2 aromatic carbocycles. The summed E-state index contributed by atoms with van der Waals surface area (Å²) in [4.78, 5) is 12.3. The van der Waals surface area contributed by atoms with Crippen molar-refractivity contribution in [1.29, 1.82) is 0 Å². The Bertz CT molecular complexity index is 822. The van der Waals surface area contributed by atoms with Crippen molar-refractivity contribution < 1.29 is 18.8 Å². The minimum absolute atomic E-state index is 0.339. The number of hydrogen-bond acceptors (Lipinski definition) is 4. The molecule has 27 heavy (non-hydrogen) atoms. The Morgan fingerprint density at radius 2 is 1.48 bits per heavy atom. The van der Waals surface area contributed by atoms with E-state index in [4.69, 9.17) is 14.0 Å². The molecule has 0 aliphatic carbocycles. The van der Waals surface area contributed by atoms with Crippen LogP contribution in [0.1, 0.15) is 27.7 Å². The zero-order valence-corrected chi connectivity index (χ0v) is 16.3. The van der Waals surface area contributed by atoms with Gasteiger partial charge in [0.2, 0.25) is 0 Å². The number of methoxy groups -OCH3 is 1. The molecule has 3 rings (SSSR count). The third-order valence-electron chi connectivity index (χ3n) is 5.00. The number of nitrogens with one attached hydrogen (secondary N) is 2. The molecule has 1 aliphatic rings. The van der Waals surface area contributed by atoms with Crippen LogP contribution in [0.4, 0.5) is 16.2 Å². The molecule has 2 amide bonds. The van der Waals surface area contributed by atoms with Crippen molar-refractivity contribution in [2.24, 2.45) is 0 Å². The van der Waals surface area contributed by atoms with Crippen molar-refractivity contribution in [2.75, 3.05) is 17.7 Å². The van der Waals surface area contributed by atoms with E-state index in [1.165, 1.54) is 0 Å². The Labute approximate surface area is 160 Å². The van der Waals surface area contributed by atoms with E-state index < -0.39 is 18.3 Å². The highest BCUT2D eigenvalue weighted by molar-refractivity contribution is 6.62. The number of benzene rings is 2. The van der Waals surface area contributed by atoms with Gasteiger partial charge in [0, 0.05) is 17.4 Å². The van der Waals surface area contributed by atoms with Crippen LogP contribution < -0.4 is 20.8 Å². The van der Waals surface area contributed by atoms with E-state index >= 15 is 0 Å². The van der Waals surface area contributed by atoms with Gasteiger partial charge in [-0.05, 0) is 57.4 Å². The van der Waals surface area contributed by atoms with Crippen LogP contribution in [0.15, 0.2) is 48.5 Å². The molecular formula is C20H25BN2O4. The van der Waals surface area contributed by atoms with Crippen molar-refractivity contribution in [1.82, 2.24) is 0 Å². The highest BCUT2D eigenvalue weighted by Gasteiger charge is 2.51. The molecule has 0 spiro atoms. The molecule has 1 fully saturated rings. The van der Waals surface area contributed by atoms with Gasteiger partial charge in [-0.25, -0.2) is 4.79 Å². The van der Waals surface area contributed by atoms with E-state index in [1.54, 1.807) is 19.2 Å². The molecule has 1 saturated heterocycles. The number of ether oxygens (including phenoxy) is 1. The Morgan fingerprint density at radius 3 is 2.07 bits per heavy atom. The van der Waals surface area contributed by atoms with E-state index in [-0.39, 0.29) is 6.03 Å². The molecule has 7 heteroatoms. The third-order valence-corrected chi connectivity index (χ3v) is 5.00. The van der Waals surface area contributed by atoms with Gasteiger partial charge in [-0.1, -0.05) is 18.2 Å². The SMILES string of the molecule is COc1cccc(NC(=O)Nc2cccc(B3OC(C)(C)C(C)(C)O3)c2)c1. The first-order chi connectivity index (χ1) is 12.7. The maximum Gasteiger partial charge on any atom is 0.494 e. The summed E-state index contributed by atoms with van der Waals surface area (Å²) >= 11 is 0. The van der Waals surface area contributed by atoms with Gasteiger partial charge in [-0.3, -0.25) is 0 Å². The first-order valence-electron chi connectivity index (χ1n) is 8.88. The minimum Gasteiger partial charge on any atom is -0.497 e. The standard InChI is InChI=1S/C20H25BN2O4/c1-19(2)20(3,4)27-21(26-19)14-8-6-9-15(12-14)22-18(24)23-16-10-7-11-17(13-16)25-5/h6-13H,1-5H3,(H2,22,23,24). The monoisotopic (exact) mass is 368 g/mol. The molecule has 0 saturated carbocycles. The minimum atomic E-state index is -0.474. The van der Waals surface area contributed by atoms with Crippen LogP contribution >= 0.6 is 0 Å². The van der Waals surface area contributed by atoms with Crippen molar-refractivity contribution in [3.05, 3.63) is 48.5 Å². The zero-order valence-electron chi connectivity index (χ0n) is 16.3. The summed E-state index contributed by atoms with van der Waals surface area (Å²) in [6.07, 6.45) is 0. The molecule has 142 valence electrons. The predicted octanol–water partition coefficient (Wildman–Crippen LogP) is 3.64. The molecule has 2 aromatic rings. The number of urea groups is 1. The molecule has 0 radical (unpaired) electrons. The highest BCUT2D eigenvalue weighted by Crippen LogP contribution is 2.36. The van der Waals surface area contributed by atoms with Gasteiger partial charge in [0.25, 0.3) is 0 Å². The molecule has 0 aromatic heterocycles. The average molecular weight is 368 g/mol. The fourth-order valence-electron chi connectivity index (χ4n) is 2.74. The molecule has 0 unspecified atom stereocenters. The first-order valence-corrected chi connectivity index (χ1v) is 8.88. The fraction of sp³-hybridized carbons (Fsp3) is 0.350. The summed E-state index contributed by atoms with van der Waals surface area (Å²) < 4.78 is 17.3. The van der Waals surface area contributed by atoms with Crippen LogP contribution in [0.25, 0.3) is 0 Å². The smallest absolute Gasteiger partial charge is 0.494 e. The third kappa shape index (κ3) is 4.26. The molecule has 6 nitrogen and oxygen atoms in total. The van der Waals surface area contributed by atoms with Crippen LogP contribution in [0.5, 0.6) is 5.75 Å². The summed E-state index contributed by atoms with van der Waals surface area (Å²) in [5, 5.41) is 5.62. The number of carbonyl (C=O) groups excluding carboxylic acids is 1. The normalized spacial score (nSPS) is 17.4. The Kier molecular flexibility index (Phi) is 5.17. The maximum atomic E-state index is 12.3. The lowest BCUT2D eigenvalue weighted by Gasteiger charge is -2.32. The van der Waals surface area contributed by atoms with E-state index in [0.29, 0.717) is 17.1 Å². The summed E-state index contributed by atoms with van der Waals surface area (Å²) in [5.74, 6) is 0.676. The van der Waals surface area contributed by atoms with E-state index in [2.05, 4.69) is 10.6 Å². The van der Waals surface area contributed by atoms with Crippen LogP contribution in [0.2, 0.25) is 0 Å². The maximum absolute atomic E-state index is 12.3. The van der Waals surface area contributed by atoms with Crippen LogP contribution in [-0.4, -0.2) is 31.5 Å². The first kappa shape index (κ1) is 19.3. The quantitative estimate of drug-likeness (QED) is 0.809. The van der Waals surface area contributed by atoms with E-state index in [0.717, 1.165) is 5.46 Å². The second-order valence-electron chi connectivity index (χ2n) is 7.52. The Hall–Kier alpha value is -2.51. The van der Waals surface area contributed by atoms with E-state index in [9.17, 15) is 4.79 Å². The largest absolute Gasteiger partial charge is 0.497 e. The summed E-state index contributed by atoms with van der Waals surface area (Å²) in [5.41, 5.74) is 1.33. The molecule has 0 atom stereocenters. The van der Waals surface area contributed by atoms with E-state index in [1.807, 2.05) is 64.1 Å². The van der Waals surface area contributed by atoms with Crippen LogP contribution in [0, 0.1) is 0 Å². The van der Waals surface area contributed by atoms with Crippen molar-refractivity contribution in [3.8, 4) is 5.75 Å².